The Balaban J connectivity index is 1.76. The molecule has 0 radical (unpaired) electrons. The van der Waals surface area contributed by atoms with Crippen molar-refractivity contribution in [3.63, 3.8) is 0 Å². The molecule has 3 heteroatoms. The zero-order chi connectivity index (χ0) is 13.2. The van der Waals surface area contributed by atoms with Crippen LogP contribution in [0, 0.1) is 11.7 Å². The molecule has 2 unspecified atom stereocenters. The summed E-state index contributed by atoms with van der Waals surface area (Å²) in [4.78, 5) is 2.58. The molecular weight excluding hydrogens is 239 g/mol. The van der Waals surface area contributed by atoms with Crippen LogP contribution in [0.15, 0.2) is 18.2 Å². The van der Waals surface area contributed by atoms with Crippen LogP contribution >= 0.6 is 0 Å². The van der Waals surface area contributed by atoms with Gasteiger partial charge >= 0.3 is 0 Å². The molecule has 2 aliphatic rings. The number of nitrogens with zero attached hydrogens (tertiary/aromatic N) is 1. The number of halogens is 1. The van der Waals surface area contributed by atoms with Crippen molar-refractivity contribution in [3.8, 4) is 0 Å². The highest BCUT2D eigenvalue weighted by atomic mass is 19.1. The van der Waals surface area contributed by atoms with Gasteiger partial charge in [-0.3, -0.25) is 4.90 Å². The zero-order valence-corrected chi connectivity index (χ0v) is 11.7. The second kappa shape index (κ2) is 5.59. The van der Waals surface area contributed by atoms with E-state index in [4.69, 9.17) is 0 Å². The lowest BCUT2D eigenvalue weighted by atomic mass is 9.95. The van der Waals surface area contributed by atoms with E-state index in [-0.39, 0.29) is 5.82 Å². The summed E-state index contributed by atoms with van der Waals surface area (Å²) in [5.41, 5.74) is 2.20. The van der Waals surface area contributed by atoms with Crippen LogP contribution in [0.2, 0.25) is 0 Å². The van der Waals surface area contributed by atoms with Crippen LogP contribution in [0.25, 0.3) is 0 Å². The number of benzene rings is 1. The van der Waals surface area contributed by atoms with Gasteiger partial charge in [0, 0.05) is 12.6 Å². The molecule has 0 aromatic heterocycles. The SMILES string of the molecule is CNCC1CCCN(C2CCc3c(F)cccc32)C1. The zero-order valence-electron chi connectivity index (χ0n) is 11.7. The first-order valence-corrected chi connectivity index (χ1v) is 7.45. The van der Waals surface area contributed by atoms with Crippen molar-refractivity contribution in [3.05, 3.63) is 35.1 Å². The summed E-state index contributed by atoms with van der Waals surface area (Å²) < 4.78 is 13.8. The summed E-state index contributed by atoms with van der Waals surface area (Å²) in [6.45, 7) is 3.42. The van der Waals surface area contributed by atoms with E-state index in [1.807, 2.05) is 13.1 Å². The monoisotopic (exact) mass is 262 g/mol. The van der Waals surface area contributed by atoms with Crippen molar-refractivity contribution >= 4 is 0 Å². The van der Waals surface area contributed by atoms with Gasteiger partial charge < -0.3 is 5.32 Å². The molecular formula is C16H23FN2. The van der Waals surface area contributed by atoms with Crippen molar-refractivity contribution in [1.82, 2.24) is 10.2 Å². The predicted molar refractivity (Wildman–Crippen MR) is 75.7 cm³/mol. The quantitative estimate of drug-likeness (QED) is 0.901. The van der Waals surface area contributed by atoms with Crippen molar-refractivity contribution in [1.29, 1.82) is 0 Å². The maximum Gasteiger partial charge on any atom is 0.126 e. The summed E-state index contributed by atoms with van der Waals surface area (Å²) >= 11 is 0. The minimum absolute atomic E-state index is 0.0104. The number of likely N-dealkylation sites (tertiary alicyclic amines) is 1. The third kappa shape index (κ3) is 2.54. The van der Waals surface area contributed by atoms with Crippen LogP contribution in [0.1, 0.15) is 36.4 Å². The Kier molecular flexibility index (Phi) is 3.85. The summed E-state index contributed by atoms with van der Waals surface area (Å²) in [7, 11) is 2.03. The lowest BCUT2D eigenvalue weighted by molar-refractivity contribution is 0.122. The van der Waals surface area contributed by atoms with Gasteiger partial charge in [0.1, 0.15) is 5.82 Å². The normalized spacial score (nSPS) is 27.5. The minimum Gasteiger partial charge on any atom is -0.319 e. The Morgan fingerprint density at radius 3 is 3.11 bits per heavy atom. The molecule has 0 spiro atoms. The van der Waals surface area contributed by atoms with Crippen LogP contribution in [0.5, 0.6) is 0 Å². The fourth-order valence-corrected chi connectivity index (χ4v) is 3.80. The van der Waals surface area contributed by atoms with Gasteiger partial charge in [-0.25, -0.2) is 4.39 Å². The van der Waals surface area contributed by atoms with Crippen molar-refractivity contribution in [2.45, 2.75) is 31.7 Å². The summed E-state index contributed by atoms with van der Waals surface area (Å²) in [6, 6.07) is 6.03. The van der Waals surface area contributed by atoms with Gasteiger partial charge in [0.15, 0.2) is 0 Å². The van der Waals surface area contributed by atoms with E-state index in [0.29, 0.717) is 6.04 Å². The summed E-state index contributed by atoms with van der Waals surface area (Å²) in [5, 5.41) is 3.29. The molecule has 1 aliphatic heterocycles. The third-order valence-corrected chi connectivity index (χ3v) is 4.67. The summed E-state index contributed by atoms with van der Waals surface area (Å²) in [6.07, 6.45) is 4.58. The smallest absolute Gasteiger partial charge is 0.126 e. The van der Waals surface area contributed by atoms with Crippen molar-refractivity contribution in [2.75, 3.05) is 26.7 Å². The molecule has 1 aromatic carbocycles. The van der Waals surface area contributed by atoms with E-state index < -0.39 is 0 Å². The molecule has 104 valence electrons. The van der Waals surface area contributed by atoms with E-state index >= 15 is 0 Å². The molecule has 19 heavy (non-hydrogen) atoms. The predicted octanol–water partition coefficient (Wildman–Crippen LogP) is 2.74. The van der Waals surface area contributed by atoms with E-state index in [1.54, 1.807) is 6.07 Å². The highest BCUT2D eigenvalue weighted by molar-refractivity contribution is 5.35. The van der Waals surface area contributed by atoms with E-state index in [0.717, 1.165) is 37.4 Å². The maximum atomic E-state index is 13.8. The van der Waals surface area contributed by atoms with Gasteiger partial charge in [-0.2, -0.15) is 0 Å². The standard InChI is InChI=1S/C16H23FN2/c1-18-10-12-4-3-9-19(11-12)16-8-7-13-14(16)5-2-6-15(13)17/h2,5-6,12,16,18H,3-4,7-11H2,1H3. The van der Waals surface area contributed by atoms with Crippen LogP contribution in [-0.2, 0) is 6.42 Å². The van der Waals surface area contributed by atoms with Crippen molar-refractivity contribution in [2.24, 2.45) is 5.92 Å². The van der Waals surface area contributed by atoms with E-state index in [9.17, 15) is 4.39 Å². The Labute approximate surface area is 115 Å². The minimum atomic E-state index is -0.0104. The first-order chi connectivity index (χ1) is 9.29. The molecule has 2 nitrogen and oxygen atoms in total. The number of fused-ring (bicyclic) bond motifs is 1. The van der Waals surface area contributed by atoms with Gasteiger partial charge in [-0.15, -0.1) is 0 Å². The third-order valence-electron chi connectivity index (χ3n) is 4.67. The van der Waals surface area contributed by atoms with E-state index in [1.165, 1.54) is 24.9 Å². The van der Waals surface area contributed by atoms with Gasteiger partial charge in [-0.1, -0.05) is 12.1 Å². The van der Waals surface area contributed by atoms with Gasteiger partial charge in [0.2, 0.25) is 0 Å². The largest absolute Gasteiger partial charge is 0.319 e. The molecule has 1 N–H and O–H groups in total. The number of piperidine rings is 1. The van der Waals surface area contributed by atoms with Gasteiger partial charge in [-0.05, 0) is 68.9 Å². The lowest BCUT2D eigenvalue weighted by Crippen LogP contribution is -2.40. The van der Waals surface area contributed by atoms with Gasteiger partial charge in [0.05, 0.1) is 0 Å². The van der Waals surface area contributed by atoms with Crippen molar-refractivity contribution < 1.29 is 4.39 Å². The fraction of sp³-hybridized carbons (Fsp3) is 0.625. The van der Waals surface area contributed by atoms with Crippen LogP contribution < -0.4 is 5.32 Å². The molecule has 2 atom stereocenters. The molecule has 3 rings (SSSR count). The Morgan fingerprint density at radius 1 is 1.37 bits per heavy atom. The topological polar surface area (TPSA) is 15.3 Å². The second-order valence-corrected chi connectivity index (χ2v) is 5.92. The average Bonchev–Trinajstić information content (AvgIpc) is 2.85. The van der Waals surface area contributed by atoms with Crippen LogP contribution in [0.3, 0.4) is 0 Å². The number of rotatable bonds is 3. The molecule has 1 aliphatic carbocycles. The first kappa shape index (κ1) is 13.1. The maximum absolute atomic E-state index is 13.8. The highest BCUT2D eigenvalue weighted by Gasteiger charge is 2.32. The number of hydrogen-bond donors (Lipinski definition) is 1. The number of hydrogen-bond acceptors (Lipinski definition) is 2. The average molecular weight is 262 g/mol. The van der Waals surface area contributed by atoms with Gasteiger partial charge in [0.25, 0.3) is 0 Å². The molecule has 0 saturated carbocycles. The fourth-order valence-electron chi connectivity index (χ4n) is 3.80. The molecule has 1 aromatic rings. The molecule has 0 amide bonds. The number of nitrogens with one attached hydrogen (secondary N) is 1. The van der Waals surface area contributed by atoms with E-state index in [2.05, 4.69) is 16.3 Å². The lowest BCUT2D eigenvalue weighted by Gasteiger charge is -2.37. The molecule has 0 bridgehead atoms. The molecule has 1 fully saturated rings. The first-order valence-electron chi connectivity index (χ1n) is 7.45. The molecule has 1 saturated heterocycles. The van der Waals surface area contributed by atoms with Crippen LogP contribution in [0.4, 0.5) is 4.39 Å². The highest BCUT2D eigenvalue weighted by Crippen LogP contribution is 2.38. The summed E-state index contributed by atoms with van der Waals surface area (Å²) in [5.74, 6) is 0.736. The Bertz CT molecular complexity index is 444. The Morgan fingerprint density at radius 2 is 2.26 bits per heavy atom. The Hall–Kier alpha value is -0.930. The van der Waals surface area contributed by atoms with Crippen LogP contribution in [-0.4, -0.2) is 31.6 Å². The molecule has 1 heterocycles. The second-order valence-electron chi connectivity index (χ2n) is 5.92.